The number of rotatable bonds is 5. The molecule has 0 spiro atoms. The summed E-state index contributed by atoms with van der Waals surface area (Å²) in [4.78, 5) is 0.102. The molecule has 1 saturated carbocycles. The minimum absolute atomic E-state index is 0.102. The highest BCUT2D eigenvalue weighted by atomic mass is 32.2. The molecule has 0 amide bonds. The second-order valence-corrected chi connectivity index (χ2v) is 7.68. The molecule has 0 heterocycles. The Kier molecular flexibility index (Phi) is 3.98. The first kappa shape index (κ1) is 16.3. The molecule has 1 aliphatic rings. The number of nitrogens with one attached hydrogen (secondary N) is 1. The van der Waals surface area contributed by atoms with Crippen LogP contribution in [0.3, 0.4) is 0 Å². The highest BCUT2D eigenvalue weighted by molar-refractivity contribution is 7.92. The molecule has 0 saturated heterocycles. The molecule has 0 unspecified atom stereocenters. The van der Waals surface area contributed by atoms with Crippen molar-refractivity contribution >= 4 is 15.7 Å². The summed E-state index contributed by atoms with van der Waals surface area (Å²) < 4.78 is 33.0. The third-order valence-electron chi connectivity index (χ3n) is 4.26. The average Bonchev–Trinajstić information content (AvgIpc) is 3.36. The van der Waals surface area contributed by atoms with E-state index in [0.717, 1.165) is 24.0 Å². The number of nitriles is 1. The van der Waals surface area contributed by atoms with Gasteiger partial charge in [0.15, 0.2) is 0 Å². The summed E-state index contributed by atoms with van der Waals surface area (Å²) in [6, 6.07) is 14.3. The lowest BCUT2D eigenvalue weighted by Gasteiger charge is -2.13. The first-order valence-corrected chi connectivity index (χ1v) is 9.08. The SMILES string of the molecule is COc1ccc(C)cc1S(=O)(=O)Nc1ccc(C2(C#N)CC2)cc1. The smallest absolute Gasteiger partial charge is 0.265 e. The fourth-order valence-corrected chi connectivity index (χ4v) is 3.97. The van der Waals surface area contributed by atoms with Crippen LogP contribution in [-0.4, -0.2) is 15.5 Å². The zero-order valence-electron chi connectivity index (χ0n) is 13.5. The number of hydrogen-bond donors (Lipinski definition) is 1. The largest absolute Gasteiger partial charge is 0.495 e. The molecule has 1 N–H and O–H groups in total. The van der Waals surface area contributed by atoms with E-state index < -0.39 is 10.0 Å². The van der Waals surface area contributed by atoms with Crippen molar-refractivity contribution in [2.75, 3.05) is 11.8 Å². The van der Waals surface area contributed by atoms with Crippen molar-refractivity contribution < 1.29 is 13.2 Å². The molecular weight excluding hydrogens is 324 g/mol. The van der Waals surface area contributed by atoms with E-state index in [4.69, 9.17) is 4.74 Å². The van der Waals surface area contributed by atoms with E-state index in [1.807, 2.05) is 19.1 Å². The van der Waals surface area contributed by atoms with Crippen LogP contribution in [0.5, 0.6) is 5.75 Å². The number of methoxy groups -OCH3 is 1. The van der Waals surface area contributed by atoms with Gasteiger partial charge in [-0.3, -0.25) is 4.72 Å². The van der Waals surface area contributed by atoms with Gasteiger partial charge in [0.2, 0.25) is 0 Å². The minimum atomic E-state index is -3.76. The summed E-state index contributed by atoms with van der Waals surface area (Å²) in [5.74, 6) is 0.297. The molecule has 0 radical (unpaired) electrons. The van der Waals surface area contributed by atoms with E-state index in [-0.39, 0.29) is 10.3 Å². The molecule has 1 aliphatic carbocycles. The van der Waals surface area contributed by atoms with Crippen LogP contribution in [0.4, 0.5) is 5.69 Å². The second kappa shape index (κ2) is 5.84. The van der Waals surface area contributed by atoms with Crippen molar-refractivity contribution in [1.29, 1.82) is 5.26 Å². The number of benzene rings is 2. The zero-order valence-corrected chi connectivity index (χ0v) is 14.4. The van der Waals surface area contributed by atoms with Crippen LogP contribution in [0.1, 0.15) is 24.0 Å². The summed E-state index contributed by atoms with van der Waals surface area (Å²) in [6.07, 6.45) is 1.71. The van der Waals surface area contributed by atoms with E-state index in [2.05, 4.69) is 10.8 Å². The molecule has 2 aromatic rings. The van der Waals surface area contributed by atoms with Gasteiger partial charge in [-0.05, 0) is 55.2 Å². The molecule has 124 valence electrons. The lowest BCUT2D eigenvalue weighted by molar-refractivity contribution is 0.402. The number of aryl methyl sites for hydroxylation is 1. The van der Waals surface area contributed by atoms with Gasteiger partial charge < -0.3 is 4.74 Å². The molecular formula is C18H18N2O3S. The molecule has 2 aromatic carbocycles. The highest BCUT2D eigenvalue weighted by Gasteiger charge is 2.44. The highest BCUT2D eigenvalue weighted by Crippen LogP contribution is 2.47. The van der Waals surface area contributed by atoms with Crippen molar-refractivity contribution in [3.63, 3.8) is 0 Å². The maximum absolute atomic E-state index is 12.6. The summed E-state index contributed by atoms with van der Waals surface area (Å²) in [6.45, 7) is 1.82. The molecule has 5 nitrogen and oxygen atoms in total. The topological polar surface area (TPSA) is 79.2 Å². The maximum atomic E-state index is 12.6. The van der Waals surface area contributed by atoms with Gasteiger partial charge in [0.1, 0.15) is 10.6 Å². The summed E-state index contributed by atoms with van der Waals surface area (Å²) >= 11 is 0. The number of anilines is 1. The molecule has 3 rings (SSSR count). The maximum Gasteiger partial charge on any atom is 0.265 e. The fourth-order valence-electron chi connectivity index (χ4n) is 2.65. The Morgan fingerprint density at radius 2 is 1.83 bits per heavy atom. The molecule has 0 aliphatic heterocycles. The fraction of sp³-hybridized carbons (Fsp3) is 0.278. The normalized spacial score (nSPS) is 15.4. The van der Waals surface area contributed by atoms with E-state index in [1.54, 1.807) is 30.3 Å². The van der Waals surface area contributed by atoms with Crippen molar-refractivity contribution in [2.45, 2.75) is 30.1 Å². The van der Waals surface area contributed by atoms with E-state index in [9.17, 15) is 13.7 Å². The lowest BCUT2D eigenvalue weighted by Crippen LogP contribution is -2.14. The predicted molar refractivity (Wildman–Crippen MR) is 91.5 cm³/mol. The van der Waals surface area contributed by atoms with Crippen molar-refractivity contribution in [2.24, 2.45) is 0 Å². The molecule has 0 atom stereocenters. The molecule has 6 heteroatoms. The van der Waals surface area contributed by atoms with Crippen LogP contribution >= 0.6 is 0 Å². The Hall–Kier alpha value is -2.52. The van der Waals surface area contributed by atoms with Gasteiger partial charge in [-0.2, -0.15) is 5.26 Å². The number of ether oxygens (including phenoxy) is 1. The van der Waals surface area contributed by atoms with Crippen molar-refractivity contribution in [1.82, 2.24) is 0 Å². The standard InChI is InChI=1S/C18H18N2O3S/c1-13-3-8-16(23-2)17(11-13)24(21,22)20-15-6-4-14(5-7-15)18(12-19)9-10-18/h3-8,11,20H,9-10H2,1-2H3. The van der Waals surface area contributed by atoms with Gasteiger partial charge in [-0.1, -0.05) is 18.2 Å². The summed E-state index contributed by atoms with van der Waals surface area (Å²) in [5.41, 5.74) is 1.84. The predicted octanol–water partition coefficient (Wildman–Crippen LogP) is 3.36. The third kappa shape index (κ3) is 2.95. The number of nitrogens with zero attached hydrogens (tertiary/aromatic N) is 1. The number of sulfonamides is 1. The van der Waals surface area contributed by atoms with E-state index >= 15 is 0 Å². The second-order valence-electron chi connectivity index (χ2n) is 6.03. The van der Waals surface area contributed by atoms with Gasteiger partial charge >= 0.3 is 0 Å². The van der Waals surface area contributed by atoms with Crippen LogP contribution in [0.25, 0.3) is 0 Å². The Labute approximate surface area is 141 Å². The summed E-state index contributed by atoms with van der Waals surface area (Å²) in [5, 5.41) is 9.22. The lowest BCUT2D eigenvalue weighted by atomic mass is 9.98. The van der Waals surface area contributed by atoms with Gasteiger partial charge in [-0.25, -0.2) is 8.42 Å². The van der Waals surface area contributed by atoms with Gasteiger partial charge in [0, 0.05) is 5.69 Å². The Balaban J connectivity index is 1.88. The van der Waals surface area contributed by atoms with Crippen LogP contribution < -0.4 is 9.46 Å². The minimum Gasteiger partial charge on any atom is -0.495 e. The molecule has 1 fully saturated rings. The van der Waals surface area contributed by atoms with Crippen LogP contribution in [0.15, 0.2) is 47.4 Å². The third-order valence-corrected chi connectivity index (χ3v) is 5.66. The molecule has 0 aromatic heterocycles. The first-order valence-electron chi connectivity index (χ1n) is 7.59. The summed E-state index contributed by atoms with van der Waals surface area (Å²) in [7, 11) is -2.32. The van der Waals surface area contributed by atoms with E-state index in [1.165, 1.54) is 7.11 Å². The number of hydrogen-bond acceptors (Lipinski definition) is 4. The monoisotopic (exact) mass is 342 g/mol. The van der Waals surface area contributed by atoms with Crippen LogP contribution in [0, 0.1) is 18.3 Å². The Morgan fingerprint density at radius 3 is 2.38 bits per heavy atom. The molecule has 24 heavy (non-hydrogen) atoms. The van der Waals surface area contributed by atoms with Crippen molar-refractivity contribution in [3.05, 3.63) is 53.6 Å². The van der Waals surface area contributed by atoms with Gasteiger partial charge in [0.05, 0.1) is 18.6 Å². The molecule has 0 bridgehead atoms. The quantitative estimate of drug-likeness (QED) is 0.903. The first-order chi connectivity index (χ1) is 11.4. The van der Waals surface area contributed by atoms with Crippen LogP contribution in [-0.2, 0) is 15.4 Å². The van der Waals surface area contributed by atoms with Crippen molar-refractivity contribution in [3.8, 4) is 11.8 Å². The Bertz CT molecular complexity index is 908. The zero-order chi connectivity index (χ0) is 17.4. The van der Waals surface area contributed by atoms with Gasteiger partial charge in [-0.15, -0.1) is 0 Å². The Morgan fingerprint density at radius 1 is 1.17 bits per heavy atom. The average molecular weight is 342 g/mol. The van der Waals surface area contributed by atoms with Crippen LogP contribution in [0.2, 0.25) is 0 Å². The van der Waals surface area contributed by atoms with E-state index in [0.29, 0.717) is 11.4 Å². The van der Waals surface area contributed by atoms with Gasteiger partial charge in [0.25, 0.3) is 10.0 Å².